The van der Waals surface area contributed by atoms with Gasteiger partial charge in [0.15, 0.2) is 0 Å². The van der Waals surface area contributed by atoms with Crippen molar-refractivity contribution in [2.45, 2.75) is 38.6 Å². The molecule has 1 aromatic carbocycles. The lowest BCUT2D eigenvalue weighted by Gasteiger charge is -2.42. The molecule has 0 bridgehead atoms. The molecular formula is C17H26N2. The van der Waals surface area contributed by atoms with Crippen LogP contribution in [-0.4, -0.2) is 37.1 Å². The highest BCUT2D eigenvalue weighted by Crippen LogP contribution is 2.28. The van der Waals surface area contributed by atoms with Gasteiger partial charge in [0.1, 0.15) is 0 Å². The van der Waals surface area contributed by atoms with Gasteiger partial charge in [-0.3, -0.25) is 4.90 Å². The van der Waals surface area contributed by atoms with E-state index in [1.54, 1.807) is 0 Å². The Morgan fingerprint density at radius 1 is 0.947 bits per heavy atom. The van der Waals surface area contributed by atoms with Crippen molar-refractivity contribution in [2.75, 3.05) is 31.1 Å². The van der Waals surface area contributed by atoms with Crippen LogP contribution in [0.2, 0.25) is 0 Å². The molecule has 1 saturated heterocycles. The van der Waals surface area contributed by atoms with E-state index in [0.717, 1.165) is 12.0 Å². The van der Waals surface area contributed by atoms with Crippen LogP contribution in [0.3, 0.4) is 0 Å². The normalized spacial score (nSPS) is 29.4. The lowest BCUT2D eigenvalue weighted by molar-refractivity contribution is 0.127. The number of rotatable bonds is 2. The molecule has 1 aromatic rings. The summed E-state index contributed by atoms with van der Waals surface area (Å²) >= 11 is 0. The standard InChI is InChI=1S/C17H26N2/c1-15-6-5-9-17(14-15)19-12-10-18(11-13-19)16-7-3-2-4-8-16/h2-4,7-8,15,17H,5-6,9-14H2,1H3/t15-,17+/m0/s1. The largest absolute Gasteiger partial charge is 0.369 e. The molecule has 19 heavy (non-hydrogen) atoms. The lowest BCUT2D eigenvalue weighted by atomic mass is 9.86. The molecule has 2 atom stereocenters. The third-order valence-corrected chi connectivity index (χ3v) is 4.86. The van der Waals surface area contributed by atoms with Gasteiger partial charge < -0.3 is 4.90 Å². The fraction of sp³-hybridized carbons (Fsp3) is 0.647. The van der Waals surface area contributed by atoms with Gasteiger partial charge in [-0.05, 0) is 30.9 Å². The molecule has 2 nitrogen and oxygen atoms in total. The molecular weight excluding hydrogens is 232 g/mol. The predicted octanol–water partition coefficient (Wildman–Crippen LogP) is 3.39. The summed E-state index contributed by atoms with van der Waals surface area (Å²) in [5.74, 6) is 0.936. The van der Waals surface area contributed by atoms with Gasteiger partial charge in [0.05, 0.1) is 0 Å². The monoisotopic (exact) mass is 258 g/mol. The molecule has 104 valence electrons. The van der Waals surface area contributed by atoms with Crippen LogP contribution >= 0.6 is 0 Å². The van der Waals surface area contributed by atoms with E-state index in [2.05, 4.69) is 47.1 Å². The van der Waals surface area contributed by atoms with Crippen LogP contribution in [0.25, 0.3) is 0 Å². The quantitative estimate of drug-likeness (QED) is 0.802. The molecule has 0 N–H and O–H groups in total. The first-order valence-corrected chi connectivity index (χ1v) is 7.87. The summed E-state index contributed by atoms with van der Waals surface area (Å²) in [6, 6.07) is 11.7. The van der Waals surface area contributed by atoms with Gasteiger partial charge in [-0.2, -0.15) is 0 Å². The molecule has 0 spiro atoms. The minimum absolute atomic E-state index is 0.863. The van der Waals surface area contributed by atoms with Crippen molar-refractivity contribution in [1.82, 2.24) is 4.90 Å². The first kappa shape index (κ1) is 13.0. The maximum atomic E-state index is 2.75. The number of benzene rings is 1. The Kier molecular flexibility index (Phi) is 4.07. The molecule has 1 saturated carbocycles. The van der Waals surface area contributed by atoms with Crippen LogP contribution in [0.15, 0.2) is 30.3 Å². The first-order chi connectivity index (χ1) is 9.33. The van der Waals surface area contributed by atoms with E-state index in [0.29, 0.717) is 0 Å². The zero-order valence-electron chi connectivity index (χ0n) is 12.1. The highest BCUT2D eigenvalue weighted by atomic mass is 15.3. The van der Waals surface area contributed by atoms with E-state index in [9.17, 15) is 0 Å². The maximum Gasteiger partial charge on any atom is 0.0367 e. The third kappa shape index (κ3) is 3.11. The van der Waals surface area contributed by atoms with E-state index in [1.807, 2.05) is 0 Å². The maximum absolute atomic E-state index is 2.75. The van der Waals surface area contributed by atoms with Crippen LogP contribution in [0.5, 0.6) is 0 Å². The Morgan fingerprint density at radius 2 is 1.68 bits per heavy atom. The summed E-state index contributed by atoms with van der Waals surface area (Å²) in [6.45, 7) is 7.29. The van der Waals surface area contributed by atoms with Crippen LogP contribution in [0.4, 0.5) is 5.69 Å². The van der Waals surface area contributed by atoms with Crippen molar-refractivity contribution >= 4 is 5.69 Å². The van der Waals surface area contributed by atoms with Crippen molar-refractivity contribution in [1.29, 1.82) is 0 Å². The summed E-state index contributed by atoms with van der Waals surface area (Å²) in [7, 11) is 0. The molecule has 1 heterocycles. The van der Waals surface area contributed by atoms with Gasteiger partial charge in [-0.15, -0.1) is 0 Å². The van der Waals surface area contributed by atoms with Crippen molar-refractivity contribution in [2.24, 2.45) is 5.92 Å². The van der Waals surface area contributed by atoms with Crippen LogP contribution < -0.4 is 4.90 Å². The van der Waals surface area contributed by atoms with Gasteiger partial charge in [0.2, 0.25) is 0 Å². The van der Waals surface area contributed by atoms with Gasteiger partial charge in [-0.1, -0.05) is 38.0 Å². The molecule has 0 aromatic heterocycles. The molecule has 3 rings (SSSR count). The highest BCUT2D eigenvalue weighted by molar-refractivity contribution is 5.46. The Hall–Kier alpha value is -1.02. The Balaban J connectivity index is 1.54. The third-order valence-electron chi connectivity index (χ3n) is 4.86. The topological polar surface area (TPSA) is 6.48 Å². The van der Waals surface area contributed by atoms with E-state index < -0.39 is 0 Å². The second kappa shape index (κ2) is 5.96. The number of hydrogen-bond acceptors (Lipinski definition) is 2. The second-order valence-electron chi connectivity index (χ2n) is 6.28. The number of para-hydroxylation sites is 1. The summed E-state index contributed by atoms with van der Waals surface area (Å²) in [5.41, 5.74) is 1.39. The molecule has 1 aliphatic heterocycles. The molecule has 2 heteroatoms. The fourth-order valence-electron chi connectivity index (χ4n) is 3.72. The van der Waals surface area contributed by atoms with E-state index in [4.69, 9.17) is 0 Å². The van der Waals surface area contributed by atoms with E-state index in [1.165, 1.54) is 57.5 Å². The zero-order valence-corrected chi connectivity index (χ0v) is 12.1. The number of piperazine rings is 1. The minimum atomic E-state index is 0.863. The zero-order chi connectivity index (χ0) is 13.1. The van der Waals surface area contributed by atoms with Crippen LogP contribution in [0, 0.1) is 5.92 Å². The van der Waals surface area contributed by atoms with Crippen LogP contribution in [0.1, 0.15) is 32.6 Å². The van der Waals surface area contributed by atoms with Gasteiger partial charge in [-0.25, -0.2) is 0 Å². The summed E-state index contributed by atoms with van der Waals surface area (Å²) < 4.78 is 0. The predicted molar refractivity (Wildman–Crippen MR) is 81.6 cm³/mol. The molecule has 1 aliphatic carbocycles. The molecule has 0 amide bonds. The van der Waals surface area contributed by atoms with Gasteiger partial charge in [0, 0.05) is 37.9 Å². The SMILES string of the molecule is C[C@H]1CCC[C@@H](N2CCN(c3ccccc3)CC2)C1. The smallest absolute Gasteiger partial charge is 0.0367 e. The van der Waals surface area contributed by atoms with Gasteiger partial charge >= 0.3 is 0 Å². The summed E-state index contributed by atoms with van der Waals surface area (Å²) in [5, 5.41) is 0. The Morgan fingerprint density at radius 3 is 2.37 bits per heavy atom. The number of anilines is 1. The molecule has 0 radical (unpaired) electrons. The average Bonchev–Trinajstić information content (AvgIpc) is 2.48. The Labute approximate surface area is 117 Å². The number of hydrogen-bond donors (Lipinski definition) is 0. The average molecular weight is 258 g/mol. The second-order valence-corrected chi connectivity index (χ2v) is 6.28. The van der Waals surface area contributed by atoms with Crippen molar-refractivity contribution < 1.29 is 0 Å². The molecule has 2 fully saturated rings. The van der Waals surface area contributed by atoms with Crippen LogP contribution in [-0.2, 0) is 0 Å². The Bertz CT molecular complexity index is 382. The lowest BCUT2D eigenvalue weighted by Crippen LogP contribution is -2.51. The number of nitrogens with zero attached hydrogens (tertiary/aromatic N) is 2. The molecule has 0 unspecified atom stereocenters. The van der Waals surface area contributed by atoms with E-state index in [-0.39, 0.29) is 0 Å². The first-order valence-electron chi connectivity index (χ1n) is 7.87. The van der Waals surface area contributed by atoms with Crippen molar-refractivity contribution in [3.63, 3.8) is 0 Å². The minimum Gasteiger partial charge on any atom is -0.369 e. The van der Waals surface area contributed by atoms with Crippen molar-refractivity contribution in [3.05, 3.63) is 30.3 Å². The fourth-order valence-corrected chi connectivity index (χ4v) is 3.72. The molecule has 2 aliphatic rings. The van der Waals surface area contributed by atoms with Gasteiger partial charge in [0.25, 0.3) is 0 Å². The highest BCUT2D eigenvalue weighted by Gasteiger charge is 2.27. The van der Waals surface area contributed by atoms with Crippen molar-refractivity contribution in [3.8, 4) is 0 Å². The summed E-state index contributed by atoms with van der Waals surface area (Å²) in [6.07, 6.45) is 5.73. The summed E-state index contributed by atoms with van der Waals surface area (Å²) in [4.78, 5) is 5.28. The van der Waals surface area contributed by atoms with E-state index >= 15 is 0 Å².